The van der Waals surface area contributed by atoms with E-state index in [0.717, 1.165) is 16.6 Å². The quantitative estimate of drug-likeness (QED) is 0.481. The van der Waals surface area contributed by atoms with E-state index in [4.69, 9.17) is 0 Å². The Hall–Kier alpha value is -3.17. The van der Waals surface area contributed by atoms with Gasteiger partial charge < -0.3 is 29.6 Å². The minimum atomic E-state index is -3.70. The van der Waals surface area contributed by atoms with Crippen molar-refractivity contribution in [1.82, 2.24) is 4.57 Å². The summed E-state index contributed by atoms with van der Waals surface area (Å²) in [7, 11) is 0. The van der Waals surface area contributed by atoms with Crippen LogP contribution in [0.2, 0.25) is 0 Å². The number of nitrogens with zero attached hydrogens (tertiary/aromatic N) is 1. The molecule has 0 radical (unpaired) electrons. The molecule has 0 saturated heterocycles. The smallest absolute Gasteiger partial charge is 0.395 e. The Kier molecular flexibility index (Phi) is 5.29. The highest BCUT2D eigenvalue weighted by molar-refractivity contribution is 6.02. The first-order valence-electron chi connectivity index (χ1n) is 11.3. The van der Waals surface area contributed by atoms with Crippen molar-refractivity contribution in [2.24, 2.45) is 0 Å². The molecule has 1 unspecified atom stereocenters. The number of aromatic nitrogens is 1. The summed E-state index contributed by atoms with van der Waals surface area (Å²) in [5.74, 6) is -0.135. The molecule has 7 nitrogen and oxygen atoms in total. The lowest BCUT2D eigenvalue weighted by Gasteiger charge is -2.17. The van der Waals surface area contributed by atoms with Crippen LogP contribution in [-0.2, 0) is 16.8 Å². The van der Waals surface area contributed by atoms with Gasteiger partial charge in [0.1, 0.15) is 0 Å². The Balaban J connectivity index is 1.40. The first-order chi connectivity index (χ1) is 16.1. The number of halogens is 2. The van der Waals surface area contributed by atoms with Crippen molar-refractivity contribution in [2.75, 3.05) is 11.9 Å². The number of fused-ring (bicyclic) bond motifs is 2. The Morgan fingerprint density at radius 2 is 1.85 bits per heavy atom. The zero-order valence-corrected chi connectivity index (χ0v) is 18.8. The van der Waals surface area contributed by atoms with Crippen LogP contribution in [0.4, 0.5) is 14.5 Å². The molecule has 180 valence electrons. The van der Waals surface area contributed by atoms with Gasteiger partial charge in [0.05, 0.1) is 24.7 Å². The van der Waals surface area contributed by atoms with Gasteiger partial charge in [-0.2, -0.15) is 0 Å². The largest absolute Gasteiger partial charge is 0.586 e. The maximum atomic E-state index is 13.4. The predicted molar refractivity (Wildman–Crippen MR) is 121 cm³/mol. The van der Waals surface area contributed by atoms with Gasteiger partial charge in [0, 0.05) is 22.3 Å². The molecule has 1 fully saturated rings. The molecule has 2 aromatic carbocycles. The molecule has 1 aromatic heterocycles. The van der Waals surface area contributed by atoms with Crippen molar-refractivity contribution in [3.63, 3.8) is 0 Å². The lowest BCUT2D eigenvalue weighted by molar-refractivity contribution is -0.286. The van der Waals surface area contributed by atoms with Crippen LogP contribution in [0.5, 0.6) is 11.5 Å². The van der Waals surface area contributed by atoms with Crippen LogP contribution in [0.15, 0.2) is 42.5 Å². The van der Waals surface area contributed by atoms with Crippen molar-refractivity contribution in [1.29, 1.82) is 0 Å². The summed E-state index contributed by atoms with van der Waals surface area (Å²) < 4.78 is 37.7. The van der Waals surface area contributed by atoms with Crippen LogP contribution in [0, 0.1) is 0 Å². The van der Waals surface area contributed by atoms with E-state index < -0.39 is 17.8 Å². The van der Waals surface area contributed by atoms with E-state index in [-0.39, 0.29) is 36.5 Å². The van der Waals surface area contributed by atoms with Crippen molar-refractivity contribution in [3.8, 4) is 11.5 Å². The summed E-state index contributed by atoms with van der Waals surface area (Å²) in [5, 5.41) is 23.1. The molecule has 0 bridgehead atoms. The number of rotatable bonds is 7. The standard InChI is InChI=1S/C25H26F2N2O5/c1-14(2)20-10-15-9-17(4-5-19(15)29(20)12-18(31)13-30)28-23(32)24(7-8-24)16-3-6-21-22(11-16)34-25(26,27)33-21/h3-6,9-11,14,18,30-31H,7-8,12-13H2,1-2H3,(H,28,32). The molecule has 1 saturated carbocycles. The minimum absolute atomic E-state index is 0.0489. The SMILES string of the molecule is CC(C)c1cc2cc(NC(=O)C3(c4ccc5c(c4)OC(F)(F)O5)CC3)ccc2n1CC(O)CO. The number of aliphatic hydroxyl groups excluding tert-OH is 2. The van der Waals surface area contributed by atoms with E-state index in [0.29, 0.717) is 24.1 Å². The van der Waals surface area contributed by atoms with E-state index in [1.807, 2.05) is 22.8 Å². The van der Waals surface area contributed by atoms with Gasteiger partial charge in [-0.15, -0.1) is 8.78 Å². The number of hydrogen-bond acceptors (Lipinski definition) is 5. The van der Waals surface area contributed by atoms with Crippen molar-refractivity contribution >= 4 is 22.5 Å². The molecule has 34 heavy (non-hydrogen) atoms. The fourth-order valence-electron chi connectivity index (χ4n) is 4.59. The van der Waals surface area contributed by atoms with Gasteiger partial charge in [0.15, 0.2) is 11.5 Å². The number of amides is 1. The van der Waals surface area contributed by atoms with Crippen LogP contribution in [0.3, 0.4) is 0 Å². The molecule has 0 spiro atoms. The topological polar surface area (TPSA) is 93.0 Å². The van der Waals surface area contributed by atoms with Crippen LogP contribution in [0.25, 0.3) is 10.9 Å². The lowest BCUT2D eigenvalue weighted by Crippen LogP contribution is -2.28. The number of alkyl halides is 2. The van der Waals surface area contributed by atoms with Gasteiger partial charge >= 0.3 is 6.29 Å². The van der Waals surface area contributed by atoms with Gasteiger partial charge in [0.25, 0.3) is 0 Å². The van der Waals surface area contributed by atoms with Crippen LogP contribution >= 0.6 is 0 Å². The van der Waals surface area contributed by atoms with Gasteiger partial charge in [-0.1, -0.05) is 19.9 Å². The number of anilines is 1. The number of hydrogen-bond donors (Lipinski definition) is 3. The number of carbonyl (C=O) groups is 1. The molecule has 1 amide bonds. The van der Waals surface area contributed by atoms with E-state index in [9.17, 15) is 23.8 Å². The summed E-state index contributed by atoms with van der Waals surface area (Å²) in [6.45, 7) is 4.05. The predicted octanol–water partition coefficient (Wildman–Crippen LogP) is 4.11. The fraction of sp³-hybridized carbons (Fsp3) is 0.400. The molecular weight excluding hydrogens is 446 g/mol. The molecule has 9 heteroatoms. The van der Waals surface area contributed by atoms with Crippen LogP contribution in [0.1, 0.15) is 43.9 Å². The monoisotopic (exact) mass is 472 g/mol. The third-order valence-electron chi connectivity index (χ3n) is 6.53. The number of benzene rings is 2. The van der Waals surface area contributed by atoms with Gasteiger partial charge in [0.2, 0.25) is 5.91 Å². The fourth-order valence-corrected chi connectivity index (χ4v) is 4.59. The first-order valence-corrected chi connectivity index (χ1v) is 11.3. The average molecular weight is 472 g/mol. The van der Waals surface area contributed by atoms with Gasteiger partial charge in [-0.25, -0.2) is 0 Å². The number of aliphatic hydroxyl groups is 2. The maximum Gasteiger partial charge on any atom is 0.586 e. The van der Waals surface area contributed by atoms with E-state index in [2.05, 4.69) is 28.6 Å². The molecule has 2 aliphatic rings. The molecule has 5 rings (SSSR count). The van der Waals surface area contributed by atoms with Crippen molar-refractivity contribution in [3.05, 3.63) is 53.7 Å². The van der Waals surface area contributed by atoms with E-state index >= 15 is 0 Å². The maximum absolute atomic E-state index is 13.4. The molecule has 1 aliphatic heterocycles. The second kappa shape index (κ2) is 7.95. The molecular formula is C25H26F2N2O5. The van der Waals surface area contributed by atoms with E-state index in [1.165, 1.54) is 12.1 Å². The zero-order chi connectivity index (χ0) is 24.3. The number of ether oxygens (including phenoxy) is 2. The van der Waals surface area contributed by atoms with Crippen LogP contribution < -0.4 is 14.8 Å². The summed E-state index contributed by atoms with van der Waals surface area (Å²) >= 11 is 0. The molecule has 3 aromatic rings. The van der Waals surface area contributed by atoms with Crippen LogP contribution in [-0.4, -0.2) is 39.7 Å². The lowest BCUT2D eigenvalue weighted by atomic mass is 9.94. The highest BCUT2D eigenvalue weighted by atomic mass is 19.3. The summed E-state index contributed by atoms with van der Waals surface area (Å²) in [4.78, 5) is 13.2. The third-order valence-corrected chi connectivity index (χ3v) is 6.53. The van der Waals surface area contributed by atoms with Gasteiger partial charge in [-0.3, -0.25) is 4.79 Å². The average Bonchev–Trinajstić information content (AvgIpc) is 3.43. The van der Waals surface area contributed by atoms with Gasteiger partial charge in [-0.05, 0) is 60.7 Å². The third kappa shape index (κ3) is 3.88. The zero-order valence-electron chi connectivity index (χ0n) is 18.8. The van der Waals surface area contributed by atoms with Crippen molar-refractivity contribution < 1.29 is 33.3 Å². The first kappa shape index (κ1) is 22.6. The molecule has 1 atom stereocenters. The van der Waals surface area contributed by atoms with Crippen molar-refractivity contribution in [2.45, 2.75) is 57.0 Å². The minimum Gasteiger partial charge on any atom is -0.395 e. The Bertz CT molecular complexity index is 1270. The summed E-state index contributed by atoms with van der Waals surface area (Å²) in [5.41, 5.74) is 2.34. The Morgan fingerprint density at radius 1 is 1.12 bits per heavy atom. The second-order valence-electron chi connectivity index (χ2n) is 9.31. The Labute approximate surface area is 194 Å². The number of nitrogens with one attached hydrogen (secondary N) is 1. The summed E-state index contributed by atoms with van der Waals surface area (Å²) in [6, 6.07) is 12.0. The van der Waals surface area contributed by atoms with E-state index in [1.54, 1.807) is 12.1 Å². The molecule has 1 aliphatic carbocycles. The molecule has 2 heterocycles. The highest BCUT2D eigenvalue weighted by Gasteiger charge is 2.52. The summed E-state index contributed by atoms with van der Waals surface area (Å²) in [6.07, 6.45) is -3.37. The number of carbonyl (C=O) groups excluding carboxylic acids is 1. The highest BCUT2D eigenvalue weighted by Crippen LogP contribution is 2.52. The normalized spacial score (nSPS) is 18.3. The molecule has 3 N–H and O–H groups in total. The Morgan fingerprint density at radius 3 is 2.53 bits per heavy atom. The second-order valence-corrected chi connectivity index (χ2v) is 9.31.